The molecule has 1 aromatic rings. The standard InChI is InChI=1S/C13H18BrNO2/c1-4-15(9-12(14)13(16)17-3)11-7-5-6-10(2)8-11/h5-8,12H,4,9H2,1-3H3. The quantitative estimate of drug-likeness (QED) is 0.618. The summed E-state index contributed by atoms with van der Waals surface area (Å²) in [4.78, 5) is 13.2. The monoisotopic (exact) mass is 299 g/mol. The molecule has 0 spiro atoms. The Balaban J connectivity index is 2.75. The van der Waals surface area contributed by atoms with Crippen LogP contribution in [0.15, 0.2) is 24.3 Å². The number of halogens is 1. The number of carbonyl (C=O) groups is 1. The first-order valence-electron chi connectivity index (χ1n) is 5.62. The van der Waals surface area contributed by atoms with Crippen LogP contribution in [0.2, 0.25) is 0 Å². The number of carbonyl (C=O) groups excluding carboxylic acids is 1. The van der Waals surface area contributed by atoms with Crippen molar-refractivity contribution in [2.45, 2.75) is 18.7 Å². The van der Waals surface area contributed by atoms with E-state index in [1.54, 1.807) is 0 Å². The summed E-state index contributed by atoms with van der Waals surface area (Å²) < 4.78 is 4.70. The third-order valence-electron chi connectivity index (χ3n) is 2.59. The second-order valence-electron chi connectivity index (χ2n) is 3.87. The molecule has 1 unspecified atom stereocenters. The molecule has 0 N–H and O–H groups in total. The van der Waals surface area contributed by atoms with Gasteiger partial charge in [0.15, 0.2) is 0 Å². The molecular formula is C13H18BrNO2. The largest absolute Gasteiger partial charge is 0.468 e. The molecule has 0 saturated carbocycles. The Bertz CT molecular complexity index is 381. The van der Waals surface area contributed by atoms with Gasteiger partial charge < -0.3 is 9.64 Å². The summed E-state index contributed by atoms with van der Waals surface area (Å²) in [6.07, 6.45) is 0. The number of esters is 1. The fourth-order valence-electron chi connectivity index (χ4n) is 1.64. The van der Waals surface area contributed by atoms with Crippen LogP contribution >= 0.6 is 15.9 Å². The molecule has 0 fully saturated rings. The highest BCUT2D eigenvalue weighted by molar-refractivity contribution is 9.10. The van der Waals surface area contributed by atoms with Gasteiger partial charge in [0.1, 0.15) is 4.83 Å². The van der Waals surface area contributed by atoms with Crippen molar-refractivity contribution in [3.8, 4) is 0 Å². The van der Waals surface area contributed by atoms with Gasteiger partial charge in [0.25, 0.3) is 0 Å². The molecule has 17 heavy (non-hydrogen) atoms. The molecule has 0 aliphatic heterocycles. The Morgan fingerprint density at radius 1 is 1.53 bits per heavy atom. The van der Waals surface area contributed by atoms with E-state index in [0.29, 0.717) is 6.54 Å². The molecule has 0 radical (unpaired) electrons. The first-order chi connectivity index (χ1) is 8.08. The Labute approximate surface area is 111 Å². The van der Waals surface area contributed by atoms with Gasteiger partial charge in [0, 0.05) is 18.8 Å². The van der Waals surface area contributed by atoms with E-state index in [1.807, 2.05) is 12.1 Å². The summed E-state index contributed by atoms with van der Waals surface area (Å²) in [5.41, 5.74) is 2.34. The van der Waals surface area contributed by atoms with E-state index in [0.717, 1.165) is 12.2 Å². The predicted molar refractivity (Wildman–Crippen MR) is 73.8 cm³/mol. The van der Waals surface area contributed by atoms with Crippen LogP contribution in [0.4, 0.5) is 5.69 Å². The molecule has 0 aliphatic rings. The molecule has 0 aliphatic carbocycles. The number of nitrogens with zero attached hydrogens (tertiary/aromatic N) is 1. The van der Waals surface area contributed by atoms with Crippen LogP contribution in [0, 0.1) is 6.92 Å². The lowest BCUT2D eigenvalue weighted by Gasteiger charge is -2.25. The minimum Gasteiger partial charge on any atom is -0.468 e. The van der Waals surface area contributed by atoms with Crippen molar-refractivity contribution in [3.63, 3.8) is 0 Å². The maximum absolute atomic E-state index is 11.4. The van der Waals surface area contributed by atoms with Crippen molar-refractivity contribution in [3.05, 3.63) is 29.8 Å². The number of ether oxygens (including phenoxy) is 1. The van der Waals surface area contributed by atoms with Gasteiger partial charge in [-0.1, -0.05) is 28.1 Å². The van der Waals surface area contributed by atoms with Gasteiger partial charge in [-0.2, -0.15) is 0 Å². The van der Waals surface area contributed by atoms with Crippen LogP contribution in [0.25, 0.3) is 0 Å². The number of rotatable bonds is 5. The lowest BCUT2D eigenvalue weighted by molar-refractivity contribution is -0.139. The molecule has 0 heterocycles. The average Bonchev–Trinajstić information content (AvgIpc) is 2.34. The minimum atomic E-state index is -0.298. The normalized spacial score (nSPS) is 12.0. The van der Waals surface area contributed by atoms with Gasteiger partial charge in [-0.05, 0) is 31.5 Å². The van der Waals surface area contributed by atoms with Crippen LogP contribution < -0.4 is 4.90 Å². The Kier molecular flexibility index (Phi) is 5.48. The zero-order valence-corrected chi connectivity index (χ0v) is 12.0. The second-order valence-corrected chi connectivity index (χ2v) is 4.97. The number of alkyl halides is 1. The molecule has 0 aromatic heterocycles. The number of benzene rings is 1. The van der Waals surface area contributed by atoms with Gasteiger partial charge in [-0.15, -0.1) is 0 Å². The van der Waals surface area contributed by atoms with Gasteiger partial charge in [-0.3, -0.25) is 4.79 Å². The highest BCUT2D eigenvalue weighted by atomic mass is 79.9. The lowest BCUT2D eigenvalue weighted by Crippen LogP contribution is -2.34. The third kappa shape index (κ3) is 4.04. The molecule has 4 heteroatoms. The number of hydrogen-bond donors (Lipinski definition) is 0. The number of methoxy groups -OCH3 is 1. The van der Waals surface area contributed by atoms with Crippen molar-refractivity contribution in [2.75, 3.05) is 25.1 Å². The van der Waals surface area contributed by atoms with E-state index < -0.39 is 0 Å². The van der Waals surface area contributed by atoms with Gasteiger partial charge >= 0.3 is 5.97 Å². The zero-order valence-electron chi connectivity index (χ0n) is 10.4. The fraction of sp³-hybridized carbons (Fsp3) is 0.462. The summed E-state index contributed by atoms with van der Waals surface area (Å²) >= 11 is 3.34. The summed E-state index contributed by atoms with van der Waals surface area (Å²) in [5, 5.41) is 0. The lowest BCUT2D eigenvalue weighted by atomic mass is 10.2. The summed E-state index contributed by atoms with van der Waals surface area (Å²) in [6, 6.07) is 8.24. The molecule has 94 valence electrons. The Hall–Kier alpha value is -1.03. The van der Waals surface area contributed by atoms with Crippen LogP contribution in [-0.4, -0.2) is 31.0 Å². The first kappa shape index (κ1) is 14.0. The van der Waals surface area contributed by atoms with Crippen molar-refractivity contribution < 1.29 is 9.53 Å². The van der Waals surface area contributed by atoms with E-state index in [4.69, 9.17) is 4.74 Å². The van der Waals surface area contributed by atoms with E-state index in [1.165, 1.54) is 12.7 Å². The summed E-state index contributed by atoms with van der Waals surface area (Å²) in [6.45, 7) is 5.58. The highest BCUT2D eigenvalue weighted by Gasteiger charge is 2.18. The molecule has 1 atom stereocenters. The highest BCUT2D eigenvalue weighted by Crippen LogP contribution is 2.17. The number of hydrogen-bond acceptors (Lipinski definition) is 3. The first-order valence-corrected chi connectivity index (χ1v) is 6.53. The maximum atomic E-state index is 11.4. The second kappa shape index (κ2) is 6.64. The van der Waals surface area contributed by atoms with Crippen LogP contribution in [0.1, 0.15) is 12.5 Å². The summed E-state index contributed by atoms with van der Waals surface area (Å²) in [7, 11) is 1.40. The fourth-order valence-corrected chi connectivity index (χ4v) is 2.17. The van der Waals surface area contributed by atoms with Gasteiger partial charge in [0.05, 0.1) is 7.11 Å². The average molecular weight is 300 g/mol. The van der Waals surface area contributed by atoms with Crippen LogP contribution in [0.5, 0.6) is 0 Å². The minimum absolute atomic E-state index is 0.240. The molecule has 0 saturated heterocycles. The number of aryl methyl sites for hydroxylation is 1. The smallest absolute Gasteiger partial charge is 0.321 e. The van der Waals surface area contributed by atoms with Gasteiger partial charge in [-0.25, -0.2) is 0 Å². The van der Waals surface area contributed by atoms with E-state index >= 15 is 0 Å². The Morgan fingerprint density at radius 3 is 2.76 bits per heavy atom. The van der Waals surface area contributed by atoms with E-state index in [9.17, 15) is 4.79 Å². The van der Waals surface area contributed by atoms with Crippen molar-refractivity contribution in [1.82, 2.24) is 0 Å². The predicted octanol–water partition coefficient (Wildman–Crippen LogP) is 2.76. The van der Waals surface area contributed by atoms with Gasteiger partial charge in [0.2, 0.25) is 0 Å². The third-order valence-corrected chi connectivity index (χ3v) is 3.25. The molecule has 0 amide bonds. The molecule has 1 rings (SSSR count). The molecule has 3 nitrogen and oxygen atoms in total. The SMILES string of the molecule is CCN(CC(Br)C(=O)OC)c1cccc(C)c1. The van der Waals surface area contributed by atoms with Crippen molar-refractivity contribution in [2.24, 2.45) is 0 Å². The van der Waals surface area contributed by atoms with Crippen molar-refractivity contribution in [1.29, 1.82) is 0 Å². The Morgan fingerprint density at radius 2 is 2.24 bits per heavy atom. The van der Waals surface area contributed by atoms with E-state index in [-0.39, 0.29) is 10.8 Å². The van der Waals surface area contributed by atoms with Crippen LogP contribution in [-0.2, 0) is 9.53 Å². The van der Waals surface area contributed by atoms with Crippen molar-refractivity contribution >= 4 is 27.6 Å². The number of anilines is 1. The molecular weight excluding hydrogens is 282 g/mol. The zero-order chi connectivity index (χ0) is 12.8. The molecule has 1 aromatic carbocycles. The maximum Gasteiger partial charge on any atom is 0.321 e. The van der Waals surface area contributed by atoms with Crippen LogP contribution in [0.3, 0.4) is 0 Å². The summed E-state index contributed by atoms with van der Waals surface area (Å²) in [5.74, 6) is -0.240. The topological polar surface area (TPSA) is 29.5 Å². The molecule has 0 bridgehead atoms. The van der Waals surface area contributed by atoms with E-state index in [2.05, 4.69) is 46.8 Å².